The monoisotopic (exact) mass is 449 g/mol. The number of rotatable bonds is 2. The Morgan fingerprint density at radius 3 is 2.76 bits per heavy atom. The second-order valence-corrected chi connectivity index (χ2v) is 7.77. The molecule has 21 heavy (non-hydrogen) atoms. The standard InChI is InChI=1S/C12H6Br2ClN3O2S/c13-6-4-9(14)21-10(6)11-16-12(20)18(17-11)7-3-5(15)1-2-8(7)19/h1-4,19H,(H,16,17,20). The Labute approximate surface area is 144 Å². The van der Waals surface area contributed by atoms with Crippen LogP contribution in [-0.4, -0.2) is 19.9 Å². The fourth-order valence-electron chi connectivity index (χ4n) is 1.76. The van der Waals surface area contributed by atoms with Crippen LogP contribution < -0.4 is 5.69 Å². The Balaban J connectivity index is 2.16. The van der Waals surface area contributed by atoms with Gasteiger partial charge in [-0.2, -0.15) is 4.68 Å². The van der Waals surface area contributed by atoms with E-state index in [1.807, 2.05) is 6.07 Å². The lowest BCUT2D eigenvalue weighted by atomic mass is 10.3. The second-order valence-electron chi connectivity index (χ2n) is 4.05. The summed E-state index contributed by atoms with van der Waals surface area (Å²) in [7, 11) is 0. The number of aromatic amines is 1. The summed E-state index contributed by atoms with van der Waals surface area (Å²) < 4.78 is 2.80. The first-order valence-electron chi connectivity index (χ1n) is 5.59. The molecule has 0 saturated heterocycles. The number of phenolic OH excluding ortho intramolecular Hbond substituents is 1. The van der Waals surface area contributed by atoms with Crippen LogP contribution in [0, 0.1) is 0 Å². The van der Waals surface area contributed by atoms with E-state index < -0.39 is 5.69 Å². The minimum absolute atomic E-state index is 0.0778. The molecule has 0 aliphatic rings. The minimum atomic E-state index is -0.459. The van der Waals surface area contributed by atoms with Crippen LogP contribution in [0.2, 0.25) is 5.02 Å². The lowest BCUT2D eigenvalue weighted by Gasteiger charge is -2.02. The van der Waals surface area contributed by atoms with Gasteiger partial charge in [0.15, 0.2) is 5.82 Å². The number of hydrogen-bond acceptors (Lipinski definition) is 4. The predicted octanol–water partition coefficient (Wildman–Crippen LogP) is 4.17. The van der Waals surface area contributed by atoms with Crippen LogP contribution in [0.15, 0.2) is 37.3 Å². The number of aromatic nitrogens is 3. The van der Waals surface area contributed by atoms with Gasteiger partial charge in [-0.1, -0.05) is 11.6 Å². The van der Waals surface area contributed by atoms with Gasteiger partial charge in [0.1, 0.15) is 11.4 Å². The summed E-state index contributed by atoms with van der Waals surface area (Å²) in [6, 6.07) is 6.29. The molecule has 3 rings (SSSR count). The van der Waals surface area contributed by atoms with Gasteiger partial charge in [0.05, 0.1) is 8.66 Å². The molecule has 0 fully saturated rings. The number of aromatic hydroxyl groups is 1. The largest absolute Gasteiger partial charge is 0.506 e. The Morgan fingerprint density at radius 2 is 2.10 bits per heavy atom. The van der Waals surface area contributed by atoms with E-state index in [0.29, 0.717) is 10.8 Å². The summed E-state index contributed by atoms with van der Waals surface area (Å²) in [6.45, 7) is 0. The summed E-state index contributed by atoms with van der Waals surface area (Å²) in [5.74, 6) is 0.327. The maximum Gasteiger partial charge on any atom is 0.348 e. The molecule has 0 amide bonds. The van der Waals surface area contributed by atoms with Crippen molar-refractivity contribution in [1.82, 2.24) is 14.8 Å². The van der Waals surface area contributed by atoms with Crippen molar-refractivity contribution < 1.29 is 5.11 Å². The zero-order chi connectivity index (χ0) is 15.1. The molecular weight excluding hydrogens is 445 g/mol. The molecule has 0 bridgehead atoms. The van der Waals surface area contributed by atoms with Gasteiger partial charge in [-0.15, -0.1) is 16.4 Å². The van der Waals surface area contributed by atoms with Crippen molar-refractivity contribution in [3.63, 3.8) is 0 Å². The van der Waals surface area contributed by atoms with Crippen molar-refractivity contribution in [2.24, 2.45) is 0 Å². The lowest BCUT2D eigenvalue weighted by molar-refractivity contribution is 0.470. The summed E-state index contributed by atoms with van der Waals surface area (Å²) >= 11 is 14.1. The van der Waals surface area contributed by atoms with E-state index in [1.54, 1.807) is 0 Å². The van der Waals surface area contributed by atoms with Gasteiger partial charge in [-0.05, 0) is 56.1 Å². The number of halogens is 3. The molecule has 0 spiro atoms. The Kier molecular flexibility index (Phi) is 3.96. The molecule has 108 valence electrons. The van der Waals surface area contributed by atoms with E-state index >= 15 is 0 Å². The average molecular weight is 452 g/mol. The van der Waals surface area contributed by atoms with E-state index in [1.165, 1.54) is 29.5 Å². The van der Waals surface area contributed by atoms with Crippen LogP contribution in [0.5, 0.6) is 5.75 Å². The summed E-state index contributed by atoms with van der Waals surface area (Å²) in [5.41, 5.74) is -0.235. The molecule has 3 aromatic rings. The van der Waals surface area contributed by atoms with Crippen molar-refractivity contribution in [3.05, 3.63) is 48.0 Å². The SMILES string of the molecule is O=c1[nH]c(-c2sc(Br)cc2Br)nn1-c1cc(Cl)ccc1O. The highest BCUT2D eigenvalue weighted by Gasteiger charge is 2.16. The first kappa shape index (κ1) is 14.8. The molecule has 0 radical (unpaired) electrons. The molecule has 2 aromatic heterocycles. The van der Waals surface area contributed by atoms with Gasteiger partial charge < -0.3 is 5.11 Å². The van der Waals surface area contributed by atoms with Crippen LogP contribution in [-0.2, 0) is 0 Å². The fraction of sp³-hybridized carbons (Fsp3) is 0. The highest BCUT2D eigenvalue weighted by molar-refractivity contribution is 9.11. The maximum absolute atomic E-state index is 12.1. The van der Waals surface area contributed by atoms with E-state index in [-0.39, 0.29) is 11.4 Å². The van der Waals surface area contributed by atoms with Crippen molar-refractivity contribution in [2.45, 2.75) is 0 Å². The normalized spacial score (nSPS) is 11.0. The highest BCUT2D eigenvalue weighted by atomic mass is 79.9. The molecule has 0 aliphatic carbocycles. The van der Waals surface area contributed by atoms with Gasteiger partial charge in [0.25, 0.3) is 0 Å². The zero-order valence-corrected chi connectivity index (χ0v) is 14.8. The van der Waals surface area contributed by atoms with Crippen LogP contribution in [0.4, 0.5) is 0 Å². The van der Waals surface area contributed by atoms with Crippen LogP contribution in [0.1, 0.15) is 0 Å². The Hall–Kier alpha value is -1.09. The third-order valence-corrected chi connectivity index (χ3v) is 5.42. The Bertz CT molecular complexity index is 887. The van der Waals surface area contributed by atoms with Crippen molar-refractivity contribution >= 4 is 54.8 Å². The van der Waals surface area contributed by atoms with Crippen molar-refractivity contribution in [3.8, 4) is 22.1 Å². The number of nitrogens with zero attached hydrogens (tertiary/aromatic N) is 2. The number of thiophene rings is 1. The molecule has 2 N–H and O–H groups in total. The number of benzene rings is 1. The highest BCUT2D eigenvalue weighted by Crippen LogP contribution is 2.37. The molecule has 0 atom stereocenters. The summed E-state index contributed by atoms with van der Waals surface area (Å²) in [5, 5.41) is 14.5. The van der Waals surface area contributed by atoms with Crippen LogP contribution in [0.25, 0.3) is 16.4 Å². The molecular formula is C12H6Br2ClN3O2S. The maximum atomic E-state index is 12.1. The van der Waals surface area contributed by atoms with Gasteiger partial charge in [-0.3, -0.25) is 4.98 Å². The third kappa shape index (κ3) is 2.80. The topological polar surface area (TPSA) is 70.9 Å². The number of hydrogen-bond donors (Lipinski definition) is 2. The molecule has 0 saturated carbocycles. The number of phenols is 1. The molecule has 2 heterocycles. The van der Waals surface area contributed by atoms with Crippen molar-refractivity contribution in [2.75, 3.05) is 0 Å². The third-order valence-electron chi connectivity index (χ3n) is 2.66. The Morgan fingerprint density at radius 1 is 1.33 bits per heavy atom. The number of H-pyrrole nitrogens is 1. The molecule has 1 aromatic carbocycles. The lowest BCUT2D eigenvalue weighted by Crippen LogP contribution is -2.16. The quantitative estimate of drug-likeness (QED) is 0.614. The molecule has 0 unspecified atom stereocenters. The number of nitrogens with one attached hydrogen (secondary N) is 1. The van der Waals surface area contributed by atoms with E-state index in [9.17, 15) is 9.90 Å². The first-order valence-corrected chi connectivity index (χ1v) is 8.37. The first-order chi connectivity index (χ1) is 9.95. The van der Waals surface area contributed by atoms with E-state index in [2.05, 4.69) is 41.9 Å². The predicted molar refractivity (Wildman–Crippen MR) is 89.6 cm³/mol. The minimum Gasteiger partial charge on any atom is -0.506 e. The molecule has 0 aliphatic heterocycles. The van der Waals surface area contributed by atoms with Gasteiger partial charge in [0.2, 0.25) is 0 Å². The van der Waals surface area contributed by atoms with E-state index in [0.717, 1.165) is 17.8 Å². The average Bonchev–Trinajstić information content (AvgIpc) is 2.95. The van der Waals surface area contributed by atoms with Gasteiger partial charge >= 0.3 is 5.69 Å². The second kappa shape index (κ2) is 5.60. The molecule has 9 heteroatoms. The summed E-state index contributed by atoms with van der Waals surface area (Å²) in [6.07, 6.45) is 0. The smallest absolute Gasteiger partial charge is 0.348 e. The van der Waals surface area contributed by atoms with Crippen LogP contribution in [0.3, 0.4) is 0 Å². The summed E-state index contributed by atoms with van der Waals surface area (Å²) in [4.78, 5) is 15.5. The zero-order valence-electron chi connectivity index (χ0n) is 10.1. The van der Waals surface area contributed by atoms with Gasteiger partial charge in [-0.25, -0.2) is 4.79 Å². The van der Waals surface area contributed by atoms with Crippen LogP contribution >= 0.6 is 54.8 Å². The fourth-order valence-corrected chi connectivity index (χ4v) is 4.47. The van der Waals surface area contributed by atoms with Crippen molar-refractivity contribution in [1.29, 1.82) is 0 Å². The van der Waals surface area contributed by atoms with Gasteiger partial charge in [0, 0.05) is 9.50 Å². The molecule has 5 nitrogen and oxygen atoms in total. The van der Waals surface area contributed by atoms with E-state index in [4.69, 9.17) is 11.6 Å².